The van der Waals surface area contributed by atoms with Crippen molar-refractivity contribution in [2.45, 2.75) is 25.1 Å². The van der Waals surface area contributed by atoms with Crippen molar-refractivity contribution in [3.8, 4) is 0 Å². The average Bonchev–Trinajstić information content (AvgIpc) is 2.38. The normalized spacial score (nSPS) is 33.6. The second-order valence-electron chi connectivity index (χ2n) is 5.18. The second kappa shape index (κ2) is 4.77. The van der Waals surface area contributed by atoms with Crippen LogP contribution in [0.4, 0.5) is 0 Å². The third kappa shape index (κ3) is 2.37. The van der Waals surface area contributed by atoms with E-state index in [0.717, 1.165) is 39.1 Å². The van der Waals surface area contributed by atoms with E-state index < -0.39 is 0 Å². The number of rotatable bonds is 2. The molecule has 0 saturated carbocycles. The van der Waals surface area contributed by atoms with Crippen molar-refractivity contribution in [2.75, 3.05) is 26.2 Å². The van der Waals surface area contributed by atoms with Crippen LogP contribution < -0.4 is 0 Å². The fraction of sp³-hybridized carbons (Fsp3) is 0.571. The van der Waals surface area contributed by atoms with Crippen LogP contribution in [-0.4, -0.2) is 53.2 Å². The van der Waals surface area contributed by atoms with Crippen LogP contribution in [0.2, 0.25) is 0 Å². The molecule has 1 aromatic carbocycles. The zero-order valence-electron chi connectivity index (χ0n) is 10.1. The van der Waals surface area contributed by atoms with Gasteiger partial charge in [0.1, 0.15) is 0 Å². The first-order valence-electron chi connectivity index (χ1n) is 6.51. The first kappa shape index (κ1) is 11.2. The van der Waals surface area contributed by atoms with Gasteiger partial charge < -0.3 is 10.0 Å². The van der Waals surface area contributed by atoms with E-state index in [1.807, 2.05) is 0 Å². The third-order valence-electron chi connectivity index (χ3n) is 4.03. The fourth-order valence-corrected chi connectivity index (χ4v) is 3.00. The summed E-state index contributed by atoms with van der Waals surface area (Å²) in [7, 11) is 0. The van der Waals surface area contributed by atoms with Gasteiger partial charge in [-0.2, -0.15) is 0 Å². The number of aliphatic hydroxyl groups excluding tert-OH is 1. The maximum atomic E-state index is 10.1. The summed E-state index contributed by atoms with van der Waals surface area (Å²) in [5, 5.41) is 10.1. The molecule has 2 aliphatic heterocycles. The summed E-state index contributed by atoms with van der Waals surface area (Å²) >= 11 is 0. The molecule has 92 valence electrons. The molecule has 3 nitrogen and oxygen atoms in total. The third-order valence-corrected chi connectivity index (χ3v) is 4.03. The van der Waals surface area contributed by atoms with E-state index in [0.29, 0.717) is 6.04 Å². The molecule has 1 aromatic rings. The molecule has 17 heavy (non-hydrogen) atoms. The maximum Gasteiger partial charge on any atom is 0.0720 e. The lowest BCUT2D eigenvalue weighted by Crippen LogP contribution is -2.61. The Kier molecular flexibility index (Phi) is 3.14. The monoisotopic (exact) mass is 232 g/mol. The molecule has 2 fully saturated rings. The number of hydrogen-bond donors (Lipinski definition) is 1. The topological polar surface area (TPSA) is 26.7 Å². The SMILES string of the molecule is O[C@H]1CCN2CCN(Cc3ccccc3)[C@@H]1C2. The number of piperazine rings is 1. The Labute approximate surface area is 103 Å². The van der Waals surface area contributed by atoms with Gasteiger partial charge >= 0.3 is 0 Å². The second-order valence-corrected chi connectivity index (χ2v) is 5.18. The Hall–Kier alpha value is -0.900. The number of fused-ring (bicyclic) bond motifs is 2. The maximum absolute atomic E-state index is 10.1. The lowest BCUT2D eigenvalue weighted by molar-refractivity contribution is -0.0489. The summed E-state index contributed by atoms with van der Waals surface area (Å²) < 4.78 is 0. The first-order valence-corrected chi connectivity index (χ1v) is 6.51. The van der Waals surface area contributed by atoms with E-state index in [9.17, 15) is 5.11 Å². The molecule has 0 radical (unpaired) electrons. The Morgan fingerprint density at radius 2 is 1.94 bits per heavy atom. The van der Waals surface area contributed by atoms with E-state index in [1.165, 1.54) is 5.56 Å². The molecule has 3 atom stereocenters. The van der Waals surface area contributed by atoms with E-state index in [4.69, 9.17) is 0 Å². The van der Waals surface area contributed by atoms with Crippen molar-refractivity contribution in [1.29, 1.82) is 0 Å². The molecule has 2 bridgehead atoms. The summed E-state index contributed by atoms with van der Waals surface area (Å²) in [6, 6.07) is 10.9. The van der Waals surface area contributed by atoms with Crippen LogP contribution in [0.1, 0.15) is 12.0 Å². The molecule has 2 heterocycles. The number of piperidine rings is 1. The van der Waals surface area contributed by atoms with Crippen molar-refractivity contribution in [1.82, 2.24) is 9.80 Å². The minimum Gasteiger partial charge on any atom is -0.391 e. The molecular weight excluding hydrogens is 212 g/mol. The van der Waals surface area contributed by atoms with Crippen LogP contribution in [0, 0.1) is 0 Å². The van der Waals surface area contributed by atoms with Crippen molar-refractivity contribution in [3.05, 3.63) is 35.9 Å². The van der Waals surface area contributed by atoms with Crippen LogP contribution in [-0.2, 0) is 6.54 Å². The zero-order chi connectivity index (χ0) is 11.7. The van der Waals surface area contributed by atoms with Gasteiger partial charge in [-0.25, -0.2) is 0 Å². The summed E-state index contributed by atoms with van der Waals surface area (Å²) in [5.74, 6) is 0. The predicted octanol–water partition coefficient (Wildman–Crippen LogP) is 0.937. The Balaban J connectivity index is 1.70. The molecule has 1 N–H and O–H groups in total. The van der Waals surface area contributed by atoms with Crippen molar-refractivity contribution in [3.63, 3.8) is 0 Å². The minimum absolute atomic E-state index is 0.143. The summed E-state index contributed by atoms with van der Waals surface area (Å²) in [4.78, 5) is 4.91. The van der Waals surface area contributed by atoms with Gasteiger partial charge in [0, 0.05) is 38.8 Å². The molecule has 2 aliphatic rings. The molecule has 3 heteroatoms. The highest BCUT2D eigenvalue weighted by atomic mass is 16.3. The standard InChI is InChI=1S/C14H20N2O/c17-14-6-7-15-8-9-16(13(14)11-15)10-12-4-2-1-3-5-12/h1-5,13-14,17H,6-11H2/t13-,14+/m1/s1. The molecule has 0 spiro atoms. The molecule has 0 aliphatic carbocycles. The van der Waals surface area contributed by atoms with Gasteiger partial charge in [-0.3, -0.25) is 4.90 Å². The van der Waals surface area contributed by atoms with Gasteiger partial charge in [-0.15, -0.1) is 0 Å². The first-order chi connectivity index (χ1) is 8.33. The van der Waals surface area contributed by atoms with Crippen molar-refractivity contribution < 1.29 is 5.11 Å². The minimum atomic E-state index is -0.143. The Bertz CT molecular complexity index is 368. The van der Waals surface area contributed by atoms with Gasteiger partial charge in [-0.1, -0.05) is 30.3 Å². The van der Waals surface area contributed by atoms with Crippen LogP contribution >= 0.6 is 0 Å². The highest BCUT2D eigenvalue weighted by molar-refractivity contribution is 5.15. The van der Waals surface area contributed by atoms with Gasteiger partial charge in [0.15, 0.2) is 0 Å². The van der Waals surface area contributed by atoms with Gasteiger partial charge in [0.2, 0.25) is 0 Å². The van der Waals surface area contributed by atoms with E-state index in [-0.39, 0.29) is 6.10 Å². The lowest BCUT2D eigenvalue weighted by Gasteiger charge is -2.47. The smallest absolute Gasteiger partial charge is 0.0720 e. The van der Waals surface area contributed by atoms with Crippen LogP contribution in [0.25, 0.3) is 0 Å². The lowest BCUT2D eigenvalue weighted by atomic mass is 9.97. The highest BCUT2D eigenvalue weighted by Crippen LogP contribution is 2.22. The highest BCUT2D eigenvalue weighted by Gasteiger charge is 2.35. The number of nitrogens with zero attached hydrogens (tertiary/aromatic N) is 2. The molecule has 0 aromatic heterocycles. The van der Waals surface area contributed by atoms with Crippen molar-refractivity contribution >= 4 is 0 Å². The quantitative estimate of drug-likeness (QED) is 0.822. The zero-order valence-corrected chi connectivity index (χ0v) is 10.1. The molecular formula is C14H20N2O. The molecule has 0 amide bonds. The Morgan fingerprint density at radius 3 is 2.76 bits per heavy atom. The van der Waals surface area contributed by atoms with E-state index >= 15 is 0 Å². The van der Waals surface area contributed by atoms with Crippen LogP contribution in [0.5, 0.6) is 0 Å². The number of hydrogen-bond acceptors (Lipinski definition) is 3. The largest absolute Gasteiger partial charge is 0.391 e. The molecule has 2 saturated heterocycles. The predicted molar refractivity (Wildman–Crippen MR) is 67.7 cm³/mol. The van der Waals surface area contributed by atoms with E-state index in [1.54, 1.807) is 0 Å². The number of benzene rings is 1. The molecule has 3 rings (SSSR count). The summed E-state index contributed by atoms with van der Waals surface area (Å²) in [5.41, 5.74) is 1.35. The summed E-state index contributed by atoms with van der Waals surface area (Å²) in [6.07, 6.45) is 0.783. The van der Waals surface area contributed by atoms with Gasteiger partial charge in [0.25, 0.3) is 0 Å². The molecule has 1 unspecified atom stereocenters. The van der Waals surface area contributed by atoms with Crippen LogP contribution in [0.15, 0.2) is 30.3 Å². The van der Waals surface area contributed by atoms with Crippen LogP contribution in [0.3, 0.4) is 0 Å². The Morgan fingerprint density at radius 1 is 1.12 bits per heavy atom. The summed E-state index contributed by atoms with van der Waals surface area (Å²) in [6.45, 7) is 5.30. The van der Waals surface area contributed by atoms with E-state index in [2.05, 4.69) is 40.1 Å². The van der Waals surface area contributed by atoms with Gasteiger partial charge in [0.05, 0.1) is 6.10 Å². The van der Waals surface area contributed by atoms with Gasteiger partial charge in [-0.05, 0) is 12.0 Å². The van der Waals surface area contributed by atoms with Crippen molar-refractivity contribution in [2.24, 2.45) is 0 Å². The average molecular weight is 232 g/mol. The fourth-order valence-electron chi connectivity index (χ4n) is 3.00. The number of aliphatic hydroxyl groups is 1.